The number of dihydropyridines is 1. The normalized spacial score (nSPS) is 16.5. The number of benzene rings is 1. The molecule has 3 heterocycles. The second-order valence-electron chi connectivity index (χ2n) is 7.32. The van der Waals surface area contributed by atoms with E-state index in [-0.39, 0.29) is 5.82 Å². The van der Waals surface area contributed by atoms with E-state index in [9.17, 15) is 10.5 Å². The summed E-state index contributed by atoms with van der Waals surface area (Å²) in [4.78, 5) is 6.51. The molecule has 30 heavy (non-hydrogen) atoms. The lowest BCUT2D eigenvalue weighted by Gasteiger charge is -2.27. The van der Waals surface area contributed by atoms with Gasteiger partial charge in [0, 0.05) is 16.5 Å². The first-order valence-electron chi connectivity index (χ1n) is 9.34. The average molecular weight is 433 g/mol. The molecule has 1 aromatic carbocycles. The summed E-state index contributed by atoms with van der Waals surface area (Å²) in [5.74, 6) is -0.296. The number of nitrogens with one attached hydrogen (secondary N) is 1. The largest absolute Gasteiger partial charge is 0.384 e. The van der Waals surface area contributed by atoms with E-state index >= 15 is 0 Å². The summed E-state index contributed by atoms with van der Waals surface area (Å²) in [6, 6.07) is 8.81. The molecule has 3 N–H and O–H groups in total. The molecule has 0 radical (unpaired) electrons. The van der Waals surface area contributed by atoms with Crippen molar-refractivity contribution in [2.45, 2.75) is 38.5 Å². The van der Waals surface area contributed by atoms with Crippen molar-refractivity contribution in [1.82, 2.24) is 14.7 Å². The van der Waals surface area contributed by atoms with Gasteiger partial charge in [-0.2, -0.15) is 10.5 Å². The van der Waals surface area contributed by atoms with E-state index in [1.165, 1.54) is 28.7 Å². The van der Waals surface area contributed by atoms with E-state index < -0.39 is 5.92 Å². The highest BCUT2D eigenvalue weighted by molar-refractivity contribution is 8.03. The van der Waals surface area contributed by atoms with Crippen LogP contribution in [0.5, 0.6) is 0 Å². The lowest BCUT2D eigenvalue weighted by atomic mass is 9.86. The van der Waals surface area contributed by atoms with Gasteiger partial charge < -0.3 is 11.1 Å². The maximum Gasteiger partial charge on any atom is 0.194 e. The Balaban J connectivity index is 1.92. The van der Waals surface area contributed by atoms with Gasteiger partial charge >= 0.3 is 0 Å². The van der Waals surface area contributed by atoms with Crippen LogP contribution in [0.15, 0.2) is 50.6 Å². The number of nitrogens with two attached hydrogens (primary N) is 1. The summed E-state index contributed by atoms with van der Waals surface area (Å²) < 4.78 is 1.95. The van der Waals surface area contributed by atoms with E-state index in [4.69, 9.17) is 5.73 Å². The number of rotatable bonds is 3. The molecular formula is C22H20N6S2. The van der Waals surface area contributed by atoms with E-state index in [0.29, 0.717) is 16.2 Å². The van der Waals surface area contributed by atoms with Crippen molar-refractivity contribution in [3.05, 3.63) is 73.8 Å². The van der Waals surface area contributed by atoms with Crippen molar-refractivity contribution in [1.29, 1.82) is 10.5 Å². The van der Waals surface area contributed by atoms with Crippen LogP contribution in [0.1, 0.15) is 34.0 Å². The van der Waals surface area contributed by atoms with Crippen molar-refractivity contribution in [2.24, 2.45) is 5.73 Å². The van der Waals surface area contributed by atoms with Crippen LogP contribution in [-0.2, 0) is 0 Å². The molecule has 4 rings (SSSR count). The molecule has 0 aliphatic carbocycles. The molecule has 1 atom stereocenters. The molecule has 1 unspecified atom stereocenters. The highest BCUT2D eigenvalue weighted by atomic mass is 32.2. The van der Waals surface area contributed by atoms with Gasteiger partial charge in [-0.1, -0.05) is 29.5 Å². The fourth-order valence-corrected chi connectivity index (χ4v) is 5.82. The van der Waals surface area contributed by atoms with Gasteiger partial charge in [0.05, 0.1) is 45.6 Å². The smallest absolute Gasteiger partial charge is 0.194 e. The number of imidazole rings is 1. The summed E-state index contributed by atoms with van der Waals surface area (Å²) in [5, 5.41) is 25.7. The first-order valence-corrected chi connectivity index (χ1v) is 11.0. The SMILES string of the molecule is Cc1cc(C)c(SC2=C(C#N)C(c3c(C)nc4sccn34)C(C#N)=C(N)N2)c(C)c1. The molecular weight excluding hydrogens is 412 g/mol. The van der Waals surface area contributed by atoms with Crippen molar-refractivity contribution in [3.63, 3.8) is 0 Å². The molecule has 1 aliphatic rings. The van der Waals surface area contributed by atoms with Crippen LogP contribution in [0.3, 0.4) is 0 Å². The summed E-state index contributed by atoms with van der Waals surface area (Å²) >= 11 is 3.00. The molecule has 0 spiro atoms. The Bertz CT molecular complexity index is 1300. The zero-order valence-electron chi connectivity index (χ0n) is 17.1. The van der Waals surface area contributed by atoms with Gasteiger partial charge in [-0.3, -0.25) is 4.40 Å². The Hall–Kier alpha value is -3.20. The number of hydrogen-bond donors (Lipinski definition) is 2. The molecule has 2 aromatic heterocycles. The molecule has 0 fully saturated rings. The van der Waals surface area contributed by atoms with E-state index in [0.717, 1.165) is 32.4 Å². The summed E-state index contributed by atoms with van der Waals surface area (Å²) in [6.45, 7) is 8.09. The van der Waals surface area contributed by atoms with Crippen molar-refractivity contribution in [2.75, 3.05) is 0 Å². The monoisotopic (exact) mass is 432 g/mol. The maximum absolute atomic E-state index is 10.1. The molecule has 6 nitrogen and oxygen atoms in total. The Morgan fingerprint density at radius 1 is 1.13 bits per heavy atom. The highest BCUT2D eigenvalue weighted by Gasteiger charge is 2.35. The number of nitriles is 2. The van der Waals surface area contributed by atoms with Crippen LogP contribution >= 0.6 is 23.1 Å². The van der Waals surface area contributed by atoms with Gasteiger partial charge in [0.15, 0.2) is 4.96 Å². The number of aromatic nitrogens is 2. The second-order valence-corrected chi connectivity index (χ2v) is 9.21. The molecule has 8 heteroatoms. The van der Waals surface area contributed by atoms with Gasteiger partial charge in [0.2, 0.25) is 0 Å². The van der Waals surface area contributed by atoms with Crippen LogP contribution in [0.2, 0.25) is 0 Å². The molecule has 0 saturated heterocycles. The molecule has 3 aromatic rings. The highest BCUT2D eigenvalue weighted by Crippen LogP contribution is 2.43. The number of fused-ring (bicyclic) bond motifs is 1. The summed E-state index contributed by atoms with van der Waals surface area (Å²) in [6.07, 6.45) is 1.92. The van der Waals surface area contributed by atoms with Crippen molar-refractivity contribution >= 4 is 28.1 Å². The fraction of sp³-hybridized carbons (Fsp3) is 0.227. The van der Waals surface area contributed by atoms with Crippen molar-refractivity contribution in [3.8, 4) is 12.1 Å². The van der Waals surface area contributed by atoms with Crippen LogP contribution in [0.4, 0.5) is 0 Å². The van der Waals surface area contributed by atoms with E-state index in [1.54, 1.807) is 0 Å². The minimum atomic E-state index is -0.570. The number of hydrogen-bond acceptors (Lipinski definition) is 7. The summed E-state index contributed by atoms with van der Waals surface area (Å²) in [7, 11) is 0. The number of thiazole rings is 1. The van der Waals surface area contributed by atoms with Gasteiger partial charge in [-0.25, -0.2) is 4.98 Å². The lowest BCUT2D eigenvalue weighted by molar-refractivity contribution is 0.804. The average Bonchev–Trinajstić information content (AvgIpc) is 3.24. The zero-order valence-corrected chi connectivity index (χ0v) is 18.7. The quantitative estimate of drug-likeness (QED) is 0.630. The number of aryl methyl sites for hydroxylation is 4. The van der Waals surface area contributed by atoms with E-state index in [1.807, 2.05) is 22.9 Å². The molecule has 1 aliphatic heterocycles. The number of thioether (sulfide) groups is 1. The predicted molar refractivity (Wildman–Crippen MR) is 120 cm³/mol. The Morgan fingerprint density at radius 3 is 2.43 bits per heavy atom. The lowest BCUT2D eigenvalue weighted by Crippen LogP contribution is -2.30. The minimum Gasteiger partial charge on any atom is -0.384 e. The molecule has 0 saturated carbocycles. The third-order valence-electron chi connectivity index (χ3n) is 5.17. The van der Waals surface area contributed by atoms with Gasteiger partial charge in [0.25, 0.3) is 0 Å². The van der Waals surface area contributed by atoms with Crippen LogP contribution < -0.4 is 11.1 Å². The maximum atomic E-state index is 10.1. The fourth-order valence-electron chi connectivity index (χ4n) is 3.97. The van der Waals surface area contributed by atoms with Gasteiger partial charge in [-0.15, -0.1) is 11.3 Å². The zero-order chi connectivity index (χ0) is 21.6. The molecule has 150 valence electrons. The number of allylic oxidation sites excluding steroid dienone is 2. The summed E-state index contributed by atoms with van der Waals surface area (Å²) in [5.41, 5.74) is 12.1. The third kappa shape index (κ3) is 3.15. The van der Waals surface area contributed by atoms with Crippen molar-refractivity contribution < 1.29 is 0 Å². The van der Waals surface area contributed by atoms with Gasteiger partial charge in [-0.05, 0) is 38.8 Å². The Morgan fingerprint density at radius 2 is 1.80 bits per heavy atom. The van der Waals surface area contributed by atoms with E-state index in [2.05, 4.69) is 55.3 Å². The Labute approximate surface area is 183 Å². The number of nitrogens with zero attached hydrogens (tertiary/aromatic N) is 4. The first kappa shape index (κ1) is 20.1. The minimum absolute atomic E-state index is 0.274. The van der Waals surface area contributed by atoms with Crippen LogP contribution in [-0.4, -0.2) is 9.38 Å². The van der Waals surface area contributed by atoms with Gasteiger partial charge in [0.1, 0.15) is 5.82 Å². The molecule has 0 bridgehead atoms. The molecule has 0 amide bonds. The standard InChI is InChI=1S/C22H20N6S2/c1-11-7-12(2)19(13(3)8-11)30-21-16(10-24)17(15(9-23)20(25)27-21)18-14(4)26-22-28(18)5-6-29-22/h5-8,17,27H,25H2,1-4H3. The second kappa shape index (κ2) is 7.56. The Kier molecular flexibility index (Phi) is 5.07. The predicted octanol–water partition coefficient (Wildman–Crippen LogP) is 4.54. The van der Waals surface area contributed by atoms with Crippen LogP contribution in [0.25, 0.3) is 4.96 Å². The third-order valence-corrected chi connectivity index (χ3v) is 7.30. The topological polar surface area (TPSA) is 103 Å². The first-order chi connectivity index (χ1) is 14.3. The van der Waals surface area contributed by atoms with Crippen LogP contribution in [0, 0.1) is 50.4 Å².